The molecule has 0 radical (unpaired) electrons. The van der Waals surface area contributed by atoms with E-state index in [1.165, 1.54) is 19.4 Å². The van der Waals surface area contributed by atoms with Crippen LogP contribution < -0.4 is 0 Å². The topological polar surface area (TPSA) is 30.3 Å². The Balaban J connectivity index is 2.26. The molecule has 0 bridgehead atoms. The molecule has 0 saturated carbocycles. The fraction of sp³-hybridized carbons (Fsp3) is 0.909. The van der Waals surface area contributed by atoms with Crippen LogP contribution in [0, 0.1) is 17.2 Å². The van der Waals surface area contributed by atoms with Crippen LogP contribution in [-0.4, -0.2) is 49.6 Å². The summed E-state index contributed by atoms with van der Waals surface area (Å²) in [7, 11) is 4.30. The van der Waals surface area contributed by atoms with Gasteiger partial charge < -0.3 is 9.80 Å². The number of hydrogen-bond donors (Lipinski definition) is 0. The number of rotatable bonds is 4. The lowest BCUT2D eigenvalue weighted by Crippen LogP contribution is -2.38. The lowest BCUT2D eigenvalue weighted by atomic mass is 10.1. The fourth-order valence-corrected chi connectivity index (χ4v) is 2.15. The van der Waals surface area contributed by atoms with Gasteiger partial charge in [-0.2, -0.15) is 5.26 Å². The normalized spacial score (nSPS) is 25.2. The predicted molar refractivity (Wildman–Crippen MR) is 57.9 cm³/mol. The molecule has 0 aromatic rings. The number of hydrogen-bond acceptors (Lipinski definition) is 3. The number of nitrogens with zero attached hydrogens (tertiary/aromatic N) is 3. The monoisotopic (exact) mass is 195 g/mol. The maximum Gasteiger partial charge on any atom is 0.0666 e. The molecule has 2 atom stereocenters. The summed E-state index contributed by atoms with van der Waals surface area (Å²) in [5.41, 5.74) is 0. The summed E-state index contributed by atoms with van der Waals surface area (Å²) < 4.78 is 0. The van der Waals surface area contributed by atoms with Crippen LogP contribution in [0.5, 0.6) is 0 Å². The Bertz CT molecular complexity index is 209. The minimum atomic E-state index is 0.145. The van der Waals surface area contributed by atoms with E-state index in [9.17, 15) is 0 Å². The summed E-state index contributed by atoms with van der Waals surface area (Å²) in [5.74, 6) is 0.145. The van der Waals surface area contributed by atoms with Crippen LogP contribution in [0.1, 0.15) is 19.8 Å². The van der Waals surface area contributed by atoms with Gasteiger partial charge in [0.15, 0.2) is 0 Å². The van der Waals surface area contributed by atoms with Crippen molar-refractivity contribution in [3.05, 3.63) is 0 Å². The molecular formula is C11H21N3. The smallest absolute Gasteiger partial charge is 0.0666 e. The van der Waals surface area contributed by atoms with Gasteiger partial charge in [-0.15, -0.1) is 0 Å². The molecule has 1 aliphatic heterocycles. The van der Waals surface area contributed by atoms with Crippen molar-refractivity contribution in [2.75, 3.05) is 33.7 Å². The number of nitriles is 1. The Kier molecular flexibility index (Phi) is 4.37. The van der Waals surface area contributed by atoms with Gasteiger partial charge in [-0.3, -0.25) is 0 Å². The number of likely N-dealkylation sites (tertiary alicyclic amines) is 1. The van der Waals surface area contributed by atoms with Crippen LogP contribution in [0.25, 0.3) is 0 Å². The van der Waals surface area contributed by atoms with Crippen LogP contribution in [0.15, 0.2) is 0 Å². The highest BCUT2D eigenvalue weighted by Gasteiger charge is 2.22. The second kappa shape index (κ2) is 5.33. The molecule has 3 heteroatoms. The highest BCUT2D eigenvalue weighted by Crippen LogP contribution is 2.15. The SMILES string of the molecule is CC(C#N)CN(C)CC1CCCN1C. The first-order valence-corrected chi connectivity index (χ1v) is 5.42. The summed E-state index contributed by atoms with van der Waals surface area (Å²) in [6.07, 6.45) is 2.63. The lowest BCUT2D eigenvalue weighted by molar-refractivity contribution is 0.212. The first-order valence-electron chi connectivity index (χ1n) is 5.42. The molecule has 0 aromatic heterocycles. The van der Waals surface area contributed by atoms with Gasteiger partial charge in [0.25, 0.3) is 0 Å². The van der Waals surface area contributed by atoms with Gasteiger partial charge in [0.1, 0.15) is 0 Å². The Hall–Kier alpha value is -0.590. The van der Waals surface area contributed by atoms with Gasteiger partial charge in [-0.25, -0.2) is 0 Å². The van der Waals surface area contributed by atoms with Crippen molar-refractivity contribution in [2.45, 2.75) is 25.8 Å². The maximum absolute atomic E-state index is 8.71. The largest absolute Gasteiger partial charge is 0.304 e. The third kappa shape index (κ3) is 3.28. The zero-order valence-corrected chi connectivity index (χ0v) is 9.53. The first kappa shape index (κ1) is 11.5. The standard InChI is InChI=1S/C11H21N3/c1-10(7-12)8-13(2)9-11-5-4-6-14(11)3/h10-11H,4-6,8-9H2,1-3H3. The van der Waals surface area contributed by atoms with Crippen molar-refractivity contribution >= 4 is 0 Å². The maximum atomic E-state index is 8.71. The molecule has 1 aliphatic rings. The van der Waals surface area contributed by atoms with Gasteiger partial charge in [-0.1, -0.05) is 0 Å². The van der Waals surface area contributed by atoms with Gasteiger partial charge in [0.2, 0.25) is 0 Å². The average molecular weight is 195 g/mol. The summed E-state index contributed by atoms with van der Waals surface area (Å²) in [6, 6.07) is 2.98. The third-order valence-corrected chi connectivity index (χ3v) is 3.00. The second-order valence-corrected chi connectivity index (χ2v) is 4.53. The van der Waals surface area contributed by atoms with E-state index in [2.05, 4.69) is 30.0 Å². The Labute approximate surface area is 87.3 Å². The fourth-order valence-electron chi connectivity index (χ4n) is 2.15. The summed E-state index contributed by atoms with van der Waals surface area (Å²) in [6.45, 7) is 5.20. The van der Waals surface area contributed by atoms with Gasteiger partial charge in [-0.05, 0) is 40.4 Å². The van der Waals surface area contributed by atoms with E-state index >= 15 is 0 Å². The van der Waals surface area contributed by atoms with Gasteiger partial charge >= 0.3 is 0 Å². The molecule has 0 amide bonds. The second-order valence-electron chi connectivity index (χ2n) is 4.53. The van der Waals surface area contributed by atoms with E-state index in [1.54, 1.807) is 0 Å². The average Bonchev–Trinajstić information content (AvgIpc) is 2.51. The van der Waals surface area contributed by atoms with Crippen molar-refractivity contribution in [1.82, 2.24) is 9.80 Å². The van der Waals surface area contributed by atoms with E-state index in [-0.39, 0.29) is 5.92 Å². The predicted octanol–water partition coefficient (Wildman–Crippen LogP) is 1.17. The van der Waals surface area contributed by atoms with Crippen molar-refractivity contribution in [1.29, 1.82) is 5.26 Å². The van der Waals surface area contributed by atoms with Crippen LogP contribution in [-0.2, 0) is 0 Å². The highest BCUT2D eigenvalue weighted by atomic mass is 15.2. The zero-order valence-electron chi connectivity index (χ0n) is 9.53. The van der Waals surface area contributed by atoms with Crippen molar-refractivity contribution in [3.8, 4) is 6.07 Å². The van der Waals surface area contributed by atoms with E-state index in [4.69, 9.17) is 5.26 Å². The zero-order chi connectivity index (χ0) is 10.6. The molecule has 2 unspecified atom stereocenters. The molecule has 1 fully saturated rings. The van der Waals surface area contributed by atoms with Gasteiger partial charge in [0, 0.05) is 19.1 Å². The molecule has 1 heterocycles. The highest BCUT2D eigenvalue weighted by molar-refractivity contribution is 4.83. The molecule has 0 N–H and O–H groups in total. The summed E-state index contributed by atoms with van der Waals surface area (Å²) >= 11 is 0. The first-order chi connectivity index (χ1) is 6.63. The van der Waals surface area contributed by atoms with E-state index in [1.807, 2.05) is 6.92 Å². The summed E-state index contributed by atoms with van der Waals surface area (Å²) in [5, 5.41) is 8.71. The van der Waals surface area contributed by atoms with Gasteiger partial charge in [0.05, 0.1) is 12.0 Å². The molecule has 0 aliphatic carbocycles. The van der Waals surface area contributed by atoms with Crippen LogP contribution in [0.2, 0.25) is 0 Å². The minimum absolute atomic E-state index is 0.145. The molecule has 0 aromatic carbocycles. The third-order valence-electron chi connectivity index (χ3n) is 3.00. The summed E-state index contributed by atoms with van der Waals surface area (Å²) in [4.78, 5) is 4.70. The van der Waals surface area contributed by atoms with E-state index < -0.39 is 0 Å². The molecule has 14 heavy (non-hydrogen) atoms. The quantitative estimate of drug-likeness (QED) is 0.674. The van der Waals surface area contributed by atoms with Crippen molar-refractivity contribution in [3.63, 3.8) is 0 Å². The van der Waals surface area contributed by atoms with E-state index in [0.29, 0.717) is 6.04 Å². The molecule has 3 nitrogen and oxygen atoms in total. The van der Waals surface area contributed by atoms with E-state index in [0.717, 1.165) is 13.1 Å². The minimum Gasteiger partial charge on any atom is -0.304 e. The Morgan fingerprint density at radius 1 is 1.64 bits per heavy atom. The molecule has 0 spiro atoms. The van der Waals surface area contributed by atoms with Crippen molar-refractivity contribution in [2.24, 2.45) is 5.92 Å². The Morgan fingerprint density at radius 2 is 2.36 bits per heavy atom. The molecule has 1 rings (SSSR count). The van der Waals surface area contributed by atoms with Crippen LogP contribution in [0.4, 0.5) is 0 Å². The molecule has 1 saturated heterocycles. The van der Waals surface area contributed by atoms with Crippen LogP contribution in [0.3, 0.4) is 0 Å². The molecule has 80 valence electrons. The Morgan fingerprint density at radius 3 is 2.86 bits per heavy atom. The van der Waals surface area contributed by atoms with Crippen molar-refractivity contribution < 1.29 is 0 Å². The number of likely N-dealkylation sites (N-methyl/N-ethyl adjacent to an activating group) is 2. The lowest BCUT2D eigenvalue weighted by Gasteiger charge is -2.26. The van der Waals surface area contributed by atoms with Crippen LogP contribution >= 0.6 is 0 Å². The molecular weight excluding hydrogens is 174 g/mol.